The van der Waals surface area contributed by atoms with Crippen LogP contribution in [-0.2, 0) is 0 Å². The van der Waals surface area contributed by atoms with Crippen molar-refractivity contribution in [1.82, 2.24) is 5.01 Å². The monoisotopic (exact) mass is 440 g/mol. The quantitative estimate of drug-likeness (QED) is 0.518. The molecular formula is C21H17BrN2O2S. The van der Waals surface area contributed by atoms with Crippen molar-refractivity contribution in [3.05, 3.63) is 80.5 Å². The van der Waals surface area contributed by atoms with Crippen LogP contribution < -0.4 is 9.47 Å². The zero-order valence-corrected chi connectivity index (χ0v) is 17.0. The molecule has 0 radical (unpaired) electrons. The molecule has 0 unspecified atom stereocenters. The number of hydrazone groups is 1. The van der Waals surface area contributed by atoms with Gasteiger partial charge in [-0.25, -0.2) is 5.01 Å². The van der Waals surface area contributed by atoms with Crippen molar-refractivity contribution in [3.63, 3.8) is 0 Å². The molecule has 2 aromatic carbocycles. The van der Waals surface area contributed by atoms with E-state index in [1.807, 2.05) is 24.3 Å². The van der Waals surface area contributed by atoms with Gasteiger partial charge in [-0.05, 0) is 59.5 Å². The van der Waals surface area contributed by atoms with Crippen molar-refractivity contribution in [2.45, 2.75) is 18.7 Å². The summed E-state index contributed by atoms with van der Waals surface area (Å²) in [4.78, 5) is 1.16. The van der Waals surface area contributed by atoms with Crippen LogP contribution >= 0.6 is 27.3 Å². The van der Waals surface area contributed by atoms with Gasteiger partial charge in [-0.15, -0.1) is 11.3 Å². The zero-order valence-electron chi connectivity index (χ0n) is 14.6. The van der Waals surface area contributed by atoms with Gasteiger partial charge in [0.15, 0.2) is 0 Å². The van der Waals surface area contributed by atoms with Crippen LogP contribution in [0, 0.1) is 0 Å². The molecule has 0 N–H and O–H groups in total. The Labute approximate surface area is 170 Å². The SMILES string of the molecule is COc1ccc(C2=NN3[C@@H](c4cccs4)Oc4ccc(Br)cc4[C@@H]3C2)cc1. The first-order chi connectivity index (χ1) is 13.2. The highest BCUT2D eigenvalue weighted by Crippen LogP contribution is 2.48. The highest BCUT2D eigenvalue weighted by molar-refractivity contribution is 9.10. The Kier molecular flexibility index (Phi) is 4.17. The third kappa shape index (κ3) is 2.93. The summed E-state index contributed by atoms with van der Waals surface area (Å²) in [7, 11) is 1.68. The molecule has 0 spiro atoms. The van der Waals surface area contributed by atoms with Crippen LogP contribution in [0.1, 0.15) is 34.7 Å². The van der Waals surface area contributed by atoms with Gasteiger partial charge in [0.1, 0.15) is 11.5 Å². The lowest BCUT2D eigenvalue weighted by molar-refractivity contribution is -0.0166. The van der Waals surface area contributed by atoms with E-state index in [2.05, 4.69) is 56.7 Å². The molecule has 0 aliphatic carbocycles. The largest absolute Gasteiger partial charge is 0.497 e. The number of rotatable bonds is 3. The van der Waals surface area contributed by atoms with E-state index in [9.17, 15) is 0 Å². The molecule has 2 aliphatic rings. The molecule has 0 saturated heterocycles. The number of hydrogen-bond donors (Lipinski definition) is 0. The van der Waals surface area contributed by atoms with Crippen LogP contribution in [0.25, 0.3) is 0 Å². The molecule has 0 bridgehead atoms. The van der Waals surface area contributed by atoms with E-state index >= 15 is 0 Å². The Morgan fingerprint density at radius 1 is 1.19 bits per heavy atom. The Morgan fingerprint density at radius 2 is 2.04 bits per heavy atom. The van der Waals surface area contributed by atoms with Crippen LogP contribution in [0.15, 0.2) is 69.6 Å². The van der Waals surface area contributed by atoms with Gasteiger partial charge >= 0.3 is 0 Å². The summed E-state index contributed by atoms with van der Waals surface area (Å²) in [6, 6.07) is 18.6. The summed E-state index contributed by atoms with van der Waals surface area (Å²) in [6.07, 6.45) is 0.653. The average molecular weight is 441 g/mol. The molecule has 0 amide bonds. The molecule has 5 rings (SSSR count). The highest BCUT2D eigenvalue weighted by Gasteiger charge is 2.41. The maximum atomic E-state index is 6.35. The fourth-order valence-corrected chi connectivity index (χ4v) is 4.76. The van der Waals surface area contributed by atoms with E-state index < -0.39 is 0 Å². The van der Waals surface area contributed by atoms with Gasteiger partial charge in [-0.3, -0.25) is 0 Å². The number of ether oxygens (including phenoxy) is 2. The number of benzene rings is 2. The minimum absolute atomic E-state index is 0.162. The van der Waals surface area contributed by atoms with Crippen LogP contribution in [0.2, 0.25) is 0 Å². The molecule has 1 aromatic heterocycles. The zero-order chi connectivity index (χ0) is 18.4. The van der Waals surface area contributed by atoms with Crippen LogP contribution in [0.5, 0.6) is 11.5 Å². The molecular weight excluding hydrogens is 424 g/mol. The summed E-state index contributed by atoms with van der Waals surface area (Å²) in [5.41, 5.74) is 3.36. The fraction of sp³-hybridized carbons (Fsp3) is 0.190. The second-order valence-electron chi connectivity index (χ2n) is 6.54. The average Bonchev–Trinajstić information content (AvgIpc) is 3.38. The van der Waals surface area contributed by atoms with E-state index in [1.54, 1.807) is 18.4 Å². The van der Waals surface area contributed by atoms with Gasteiger partial charge in [0.05, 0.1) is 23.7 Å². The molecule has 6 heteroatoms. The lowest BCUT2D eigenvalue weighted by Gasteiger charge is -2.37. The van der Waals surface area contributed by atoms with Crippen molar-refractivity contribution in [2.75, 3.05) is 7.11 Å². The molecule has 3 aromatic rings. The maximum absolute atomic E-state index is 6.35. The highest BCUT2D eigenvalue weighted by atomic mass is 79.9. The van der Waals surface area contributed by atoms with Gasteiger partial charge < -0.3 is 9.47 Å². The normalized spacial score (nSPS) is 20.5. The van der Waals surface area contributed by atoms with Gasteiger partial charge in [-0.1, -0.05) is 22.0 Å². The summed E-state index contributed by atoms with van der Waals surface area (Å²) in [5.74, 6) is 1.79. The Morgan fingerprint density at radius 3 is 2.78 bits per heavy atom. The Hall–Kier alpha value is -2.31. The maximum Gasteiger partial charge on any atom is 0.222 e. The topological polar surface area (TPSA) is 34.1 Å². The van der Waals surface area contributed by atoms with Crippen molar-refractivity contribution < 1.29 is 9.47 Å². The summed E-state index contributed by atoms with van der Waals surface area (Å²) >= 11 is 5.29. The van der Waals surface area contributed by atoms with Gasteiger partial charge in [0.2, 0.25) is 6.23 Å². The predicted octanol–water partition coefficient (Wildman–Crippen LogP) is 5.76. The lowest BCUT2D eigenvalue weighted by Crippen LogP contribution is -2.33. The molecule has 4 nitrogen and oxygen atoms in total. The van der Waals surface area contributed by atoms with E-state index in [0.717, 1.165) is 38.5 Å². The van der Waals surface area contributed by atoms with E-state index in [4.69, 9.17) is 14.6 Å². The number of hydrogen-bond acceptors (Lipinski definition) is 5. The predicted molar refractivity (Wildman–Crippen MR) is 111 cm³/mol. The third-order valence-electron chi connectivity index (χ3n) is 4.96. The summed E-state index contributed by atoms with van der Waals surface area (Å²) < 4.78 is 12.7. The Bertz CT molecular complexity index is 1000. The molecule has 0 fully saturated rings. The van der Waals surface area contributed by atoms with Gasteiger partial charge in [0, 0.05) is 16.5 Å². The number of halogens is 1. The summed E-state index contributed by atoms with van der Waals surface area (Å²) in [6.45, 7) is 0. The Balaban J connectivity index is 1.57. The molecule has 136 valence electrons. The van der Waals surface area contributed by atoms with Gasteiger partial charge in [0.25, 0.3) is 0 Å². The van der Waals surface area contributed by atoms with Crippen LogP contribution in [-0.4, -0.2) is 17.8 Å². The number of thiophene rings is 1. The summed E-state index contributed by atoms with van der Waals surface area (Å²) in [5, 5.41) is 9.17. The first-order valence-corrected chi connectivity index (χ1v) is 10.4. The van der Waals surface area contributed by atoms with Crippen LogP contribution in [0.3, 0.4) is 0 Å². The number of fused-ring (bicyclic) bond motifs is 3. The molecule has 2 aliphatic heterocycles. The van der Waals surface area contributed by atoms with Crippen LogP contribution in [0.4, 0.5) is 0 Å². The molecule has 27 heavy (non-hydrogen) atoms. The minimum Gasteiger partial charge on any atom is -0.497 e. The molecule has 3 heterocycles. The smallest absolute Gasteiger partial charge is 0.222 e. The van der Waals surface area contributed by atoms with Crippen molar-refractivity contribution in [2.24, 2.45) is 5.10 Å². The lowest BCUT2D eigenvalue weighted by atomic mass is 9.96. The first-order valence-electron chi connectivity index (χ1n) is 8.72. The fourth-order valence-electron chi connectivity index (χ4n) is 3.64. The second-order valence-corrected chi connectivity index (χ2v) is 8.44. The standard InChI is InChI=1S/C21H17BrN2O2S/c1-25-15-7-4-13(5-8-15)17-12-18-16-11-14(22)6-9-19(16)26-21(24(18)23-17)20-3-2-10-27-20/h2-11,18,21H,12H2,1H3/t18-,21+/m0/s1. The van der Waals surface area contributed by atoms with E-state index in [1.165, 1.54) is 5.56 Å². The number of nitrogens with zero attached hydrogens (tertiary/aromatic N) is 2. The van der Waals surface area contributed by atoms with Crippen molar-refractivity contribution in [3.8, 4) is 11.5 Å². The third-order valence-corrected chi connectivity index (χ3v) is 6.36. The molecule has 2 atom stereocenters. The van der Waals surface area contributed by atoms with Crippen molar-refractivity contribution >= 4 is 33.0 Å². The second kappa shape index (κ2) is 6.69. The minimum atomic E-state index is -0.195. The molecule has 0 saturated carbocycles. The first kappa shape index (κ1) is 16.8. The van der Waals surface area contributed by atoms with E-state index in [0.29, 0.717) is 0 Å². The van der Waals surface area contributed by atoms with Crippen molar-refractivity contribution in [1.29, 1.82) is 0 Å². The van der Waals surface area contributed by atoms with E-state index in [-0.39, 0.29) is 12.3 Å². The number of methoxy groups -OCH3 is 1. The van der Waals surface area contributed by atoms with Gasteiger partial charge in [-0.2, -0.15) is 5.10 Å².